The summed E-state index contributed by atoms with van der Waals surface area (Å²) in [6, 6.07) is 3.89. The maximum absolute atomic E-state index is 12.4. The predicted molar refractivity (Wildman–Crippen MR) is 79.7 cm³/mol. The van der Waals surface area contributed by atoms with E-state index < -0.39 is 11.5 Å². The smallest absolute Gasteiger partial charge is 0.341 e. The summed E-state index contributed by atoms with van der Waals surface area (Å²) in [5, 5.41) is 10.2. The fourth-order valence-corrected chi connectivity index (χ4v) is 2.78. The van der Waals surface area contributed by atoms with Crippen LogP contribution in [0.4, 0.5) is 0 Å². The number of pyridine rings is 1. The van der Waals surface area contributed by atoms with Crippen LogP contribution in [0.1, 0.15) is 46.8 Å². The zero-order valence-electron chi connectivity index (χ0n) is 12.4. The standard InChI is InChI=1S/C16H19NO3/c1-8(2)12-11-7-6-9(3)10(4)14(11)17(5)15(18)13(12)16(19)20/h6-8H,1-5H3,(H,19,20). The third-order valence-electron chi connectivity index (χ3n) is 3.91. The lowest BCUT2D eigenvalue weighted by Gasteiger charge is -2.18. The molecule has 4 nitrogen and oxygen atoms in total. The molecule has 0 spiro atoms. The normalized spacial score (nSPS) is 11.3. The van der Waals surface area contributed by atoms with Crippen LogP contribution in [0.25, 0.3) is 10.9 Å². The molecule has 106 valence electrons. The van der Waals surface area contributed by atoms with Gasteiger partial charge in [0.05, 0.1) is 5.52 Å². The van der Waals surface area contributed by atoms with Crippen LogP contribution in [0.15, 0.2) is 16.9 Å². The Balaban J connectivity index is 3.17. The van der Waals surface area contributed by atoms with Gasteiger partial charge in [-0.2, -0.15) is 0 Å². The van der Waals surface area contributed by atoms with Crippen molar-refractivity contribution in [3.05, 3.63) is 44.7 Å². The van der Waals surface area contributed by atoms with E-state index in [1.54, 1.807) is 7.05 Å². The van der Waals surface area contributed by atoms with Crippen molar-refractivity contribution in [1.82, 2.24) is 4.57 Å². The number of rotatable bonds is 2. The van der Waals surface area contributed by atoms with Gasteiger partial charge in [-0.05, 0) is 36.5 Å². The minimum atomic E-state index is -1.16. The Kier molecular flexibility index (Phi) is 3.42. The number of hydrogen-bond donors (Lipinski definition) is 1. The summed E-state index contributed by atoms with van der Waals surface area (Å²) in [4.78, 5) is 23.9. The Labute approximate surface area is 117 Å². The van der Waals surface area contributed by atoms with E-state index in [1.165, 1.54) is 4.57 Å². The van der Waals surface area contributed by atoms with Crippen LogP contribution in [0.3, 0.4) is 0 Å². The Hall–Kier alpha value is -2.10. The number of fused-ring (bicyclic) bond motifs is 1. The van der Waals surface area contributed by atoms with Crippen LogP contribution >= 0.6 is 0 Å². The third-order valence-corrected chi connectivity index (χ3v) is 3.91. The minimum Gasteiger partial charge on any atom is -0.477 e. The number of carbonyl (C=O) groups is 1. The fourth-order valence-electron chi connectivity index (χ4n) is 2.78. The molecular weight excluding hydrogens is 254 g/mol. The molecule has 2 aromatic rings. The van der Waals surface area contributed by atoms with E-state index in [-0.39, 0.29) is 11.5 Å². The van der Waals surface area contributed by atoms with E-state index >= 15 is 0 Å². The average molecular weight is 273 g/mol. The summed E-state index contributed by atoms with van der Waals surface area (Å²) in [6.45, 7) is 7.77. The number of nitrogens with zero attached hydrogens (tertiary/aromatic N) is 1. The van der Waals surface area contributed by atoms with Gasteiger partial charge < -0.3 is 9.67 Å². The van der Waals surface area contributed by atoms with Crippen molar-refractivity contribution in [2.24, 2.45) is 7.05 Å². The summed E-state index contributed by atoms with van der Waals surface area (Å²) < 4.78 is 1.45. The van der Waals surface area contributed by atoms with Gasteiger partial charge >= 0.3 is 5.97 Å². The predicted octanol–water partition coefficient (Wildman–Crippen LogP) is 2.98. The fraction of sp³-hybridized carbons (Fsp3) is 0.375. The first-order chi connectivity index (χ1) is 9.27. The van der Waals surface area contributed by atoms with Gasteiger partial charge in [-0.25, -0.2) is 4.79 Å². The molecule has 1 N–H and O–H groups in total. The van der Waals surface area contributed by atoms with E-state index in [9.17, 15) is 14.7 Å². The molecule has 0 saturated carbocycles. The first-order valence-electron chi connectivity index (χ1n) is 6.63. The Bertz CT molecular complexity index is 770. The molecule has 0 atom stereocenters. The molecule has 1 aromatic heterocycles. The second-order valence-electron chi connectivity index (χ2n) is 5.52. The molecule has 20 heavy (non-hydrogen) atoms. The molecule has 0 unspecified atom stereocenters. The third kappa shape index (κ3) is 1.92. The van der Waals surface area contributed by atoms with Crippen LogP contribution in [0, 0.1) is 13.8 Å². The molecular formula is C16H19NO3. The molecule has 0 aliphatic heterocycles. The summed E-state index contributed by atoms with van der Waals surface area (Å²) in [7, 11) is 1.63. The maximum atomic E-state index is 12.4. The Morgan fingerprint density at radius 1 is 1.25 bits per heavy atom. The van der Waals surface area contributed by atoms with Crippen LogP contribution < -0.4 is 5.56 Å². The van der Waals surface area contributed by atoms with Crippen LogP contribution in [-0.2, 0) is 7.05 Å². The van der Waals surface area contributed by atoms with Crippen LogP contribution in [0.2, 0.25) is 0 Å². The summed E-state index contributed by atoms with van der Waals surface area (Å²) in [5.41, 5.74) is 2.99. The lowest BCUT2D eigenvalue weighted by molar-refractivity contribution is 0.0693. The molecule has 0 fully saturated rings. The molecule has 4 heteroatoms. The number of benzene rings is 1. The van der Waals surface area contributed by atoms with E-state index in [0.717, 1.165) is 22.0 Å². The molecule has 0 aliphatic carbocycles. The van der Waals surface area contributed by atoms with Crippen molar-refractivity contribution in [3.63, 3.8) is 0 Å². The second-order valence-corrected chi connectivity index (χ2v) is 5.52. The highest BCUT2D eigenvalue weighted by molar-refractivity contribution is 5.97. The molecule has 0 amide bonds. The largest absolute Gasteiger partial charge is 0.477 e. The lowest BCUT2D eigenvalue weighted by Crippen LogP contribution is -2.28. The topological polar surface area (TPSA) is 59.3 Å². The summed E-state index contributed by atoms with van der Waals surface area (Å²) in [5.74, 6) is -1.19. The van der Waals surface area contributed by atoms with E-state index in [0.29, 0.717) is 5.56 Å². The first kappa shape index (κ1) is 14.3. The lowest BCUT2D eigenvalue weighted by atomic mass is 9.91. The van der Waals surface area contributed by atoms with Crippen LogP contribution in [-0.4, -0.2) is 15.6 Å². The van der Waals surface area contributed by atoms with Crippen molar-refractivity contribution in [3.8, 4) is 0 Å². The summed E-state index contributed by atoms with van der Waals surface area (Å²) >= 11 is 0. The quantitative estimate of drug-likeness (QED) is 0.915. The molecule has 2 rings (SSSR count). The van der Waals surface area contributed by atoms with E-state index in [2.05, 4.69) is 0 Å². The zero-order chi connectivity index (χ0) is 15.2. The van der Waals surface area contributed by atoms with Gasteiger partial charge in [0.2, 0.25) is 0 Å². The molecule has 0 saturated heterocycles. The monoisotopic (exact) mass is 273 g/mol. The first-order valence-corrected chi connectivity index (χ1v) is 6.63. The Morgan fingerprint density at radius 3 is 2.35 bits per heavy atom. The highest BCUT2D eigenvalue weighted by Gasteiger charge is 2.23. The van der Waals surface area contributed by atoms with E-state index in [1.807, 2.05) is 39.8 Å². The molecule has 0 aliphatic rings. The van der Waals surface area contributed by atoms with Gasteiger partial charge in [-0.3, -0.25) is 4.79 Å². The number of hydrogen-bond acceptors (Lipinski definition) is 2. The molecule has 1 aromatic carbocycles. The SMILES string of the molecule is Cc1ccc2c(C(C)C)c(C(=O)O)c(=O)n(C)c2c1C. The van der Waals surface area contributed by atoms with Crippen LogP contribution in [0.5, 0.6) is 0 Å². The van der Waals surface area contributed by atoms with Gasteiger partial charge in [-0.15, -0.1) is 0 Å². The minimum absolute atomic E-state index is 0.0281. The number of aromatic carboxylic acids is 1. The number of aryl methyl sites for hydroxylation is 3. The highest BCUT2D eigenvalue weighted by atomic mass is 16.4. The van der Waals surface area contributed by atoms with Crippen molar-refractivity contribution in [1.29, 1.82) is 0 Å². The highest BCUT2D eigenvalue weighted by Crippen LogP contribution is 2.29. The number of carboxylic acids is 1. The molecule has 0 bridgehead atoms. The molecule has 1 heterocycles. The molecule has 0 radical (unpaired) electrons. The van der Waals surface area contributed by atoms with Crippen molar-refractivity contribution in [2.75, 3.05) is 0 Å². The summed E-state index contributed by atoms with van der Waals surface area (Å²) in [6.07, 6.45) is 0. The van der Waals surface area contributed by atoms with Crippen molar-refractivity contribution in [2.45, 2.75) is 33.6 Å². The van der Waals surface area contributed by atoms with Gasteiger partial charge in [-0.1, -0.05) is 26.0 Å². The number of carboxylic acid groups (broad SMARTS) is 1. The zero-order valence-corrected chi connectivity index (χ0v) is 12.4. The van der Waals surface area contributed by atoms with E-state index in [4.69, 9.17) is 0 Å². The second kappa shape index (κ2) is 4.78. The maximum Gasteiger partial charge on any atom is 0.341 e. The van der Waals surface area contributed by atoms with Gasteiger partial charge in [0.1, 0.15) is 5.56 Å². The Morgan fingerprint density at radius 2 is 1.85 bits per heavy atom. The average Bonchev–Trinajstić information content (AvgIpc) is 2.36. The van der Waals surface area contributed by atoms with Crippen molar-refractivity contribution >= 4 is 16.9 Å². The van der Waals surface area contributed by atoms with Gasteiger partial charge in [0, 0.05) is 12.4 Å². The van der Waals surface area contributed by atoms with Gasteiger partial charge in [0.25, 0.3) is 5.56 Å². The van der Waals surface area contributed by atoms with Gasteiger partial charge in [0.15, 0.2) is 0 Å². The number of aromatic nitrogens is 1. The van der Waals surface area contributed by atoms with Crippen molar-refractivity contribution < 1.29 is 9.90 Å².